The molecule has 0 atom stereocenters. The fraction of sp³-hybridized carbons (Fsp3) is 0. The number of carboxylic acid groups (broad SMARTS) is 2. The number of aromatic carboxylic acids is 1. The SMILES string of the molecule is O=C(O)C=Cc1cccc(C(=O)O)c1F. The lowest BCUT2D eigenvalue weighted by Gasteiger charge is -2.00. The number of hydrogen-bond donors (Lipinski definition) is 2. The van der Waals surface area contributed by atoms with Crippen LogP contribution in [-0.2, 0) is 4.79 Å². The standard InChI is InChI=1S/C10H7FO4/c11-9-6(4-5-8(12)13)2-1-3-7(9)10(14)15/h1-5H,(H,12,13)(H,14,15). The molecule has 4 nitrogen and oxygen atoms in total. The van der Waals surface area contributed by atoms with Crippen LogP contribution in [0.1, 0.15) is 15.9 Å². The normalized spacial score (nSPS) is 10.5. The van der Waals surface area contributed by atoms with Crippen molar-refractivity contribution in [3.8, 4) is 0 Å². The highest BCUT2D eigenvalue weighted by Gasteiger charge is 2.11. The second-order valence-electron chi connectivity index (χ2n) is 2.69. The molecule has 78 valence electrons. The molecular weight excluding hydrogens is 203 g/mol. The first kappa shape index (κ1) is 10.9. The highest BCUT2D eigenvalue weighted by molar-refractivity contribution is 5.90. The highest BCUT2D eigenvalue weighted by Crippen LogP contribution is 2.14. The van der Waals surface area contributed by atoms with Gasteiger partial charge in [0.15, 0.2) is 0 Å². The zero-order chi connectivity index (χ0) is 11.4. The molecule has 1 aromatic rings. The van der Waals surface area contributed by atoms with Gasteiger partial charge in [-0.05, 0) is 12.1 Å². The van der Waals surface area contributed by atoms with Crippen molar-refractivity contribution in [2.75, 3.05) is 0 Å². The fourth-order valence-electron chi connectivity index (χ4n) is 1.00. The Hall–Kier alpha value is -2.17. The van der Waals surface area contributed by atoms with Crippen LogP contribution < -0.4 is 0 Å². The van der Waals surface area contributed by atoms with Crippen LogP contribution in [0, 0.1) is 5.82 Å². The predicted molar refractivity (Wildman–Crippen MR) is 50.0 cm³/mol. The molecule has 1 aromatic carbocycles. The van der Waals surface area contributed by atoms with Crippen molar-refractivity contribution >= 4 is 18.0 Å². The van der Waals surface area contributed by atoms with Crippen molar-refractivity contribution in [2.24, 2.45) is 0 Å². The first-order chi connectivity index (χ1) is 7.02. The number of rotatable bonds is 3. The Labute approximate surface area is 84.3 Å². The molecule has 0 radical (unpaired) electrons. The highest BCUT2D eigenvalue weighted by atomic mass is 19.1. The van der Waals surface area contributed by atoms with E-state index in [1.54, 1.807) is 0 Å². The molecule has 0 saturated heterocycles. The summed E-state index contributed by atoms with van der Waals surface area (Å²) >= 11 is 0. The van der Waals surface area contributed by atoms with Crippen LogP contribution in [0.15, 0.2) is 24.3 Å². The summed E-state index contributed by atoms with van der Waals surface area (Å²) in [5.74, 6) is -3.56. The van der Waals surface area contributed by atoms with Gasteiger partial charge in [-0.1, -0.05) is 12.1 Å². The van der Waals surface area contributed by atoms with E-state index in [0.717, 1.165) is 18.2 Å². The van der Waals surface area contributed by atoms with Crippen molar-refractivity contribution in [1.29, 1.82) is 0 Å². The van der Waals surface area contributed by atoms with Gasteiger partial charge in [-0.3, -0.25) is 0 Å². The van der Waals surface area contributed by atoms with Gasteiger partial charge in [0.2, 0.25) is 0 Å². The predicted octanol–water partition coefficient (Wildman–Crippen LogP) is 1.62. The lowest BCUT2D eigenvalue weighted by molar-refractivity contribution is -0.131. The molecule has 0 saturated carbocycles. The van der Waals surface area contributed by atoms with E-state index in [4.69, 9.17) is 10.2 Å². The van der Waals surface area contributed by atoms with Gasteiger partial charge in [0.25, 0.3) is 0 Å². The third kappa shape index (κ3) is 2.63. The molecule has 0 fully saturated rings. The van der Waals surface area contributed by atoms with Crippen molar-refractivity contribution in [3.05, 3.63) is 41.2 Å². The van der Waals surface area contributed by atoms with Crippen molar-refractivity contribution in [1.82, 2.24) is 0 Å². The summed E-state index contributed by atoms with van der Waals surface area (Å²) in [6, 6.07) is 3.74. The van der Waals surface area contributed by atoms with Gasteiger partial charge in [0.1, 0.15) is 5.82 Å². The molecular formula is C10H7FO4. The van der Waals surface area contributed by atoms with Gasteiger partial charge in [0, 0.05) is 11.6 Å². The number of benzene rings is 1. The zero-order valence-corrected chi connectivity index (χ0v) is 7.48. The number of halogens is 1. The van der Waals surface area contributed by atoms with Crippen LogP contribution in [0.3, 0.4) is 0 Å². The van der Waals surface area contributed by atoms with Crippen molar-refractivity contribution in [2.45, 2.75) is 0 Å². The molecule has 0 amide bonds. The zero-order valence-electron chi connectivity index (χ0n) is 7.48. The second-order valence-corrected chi connectivity index (χ2v) is 2.69. The number of aliphatic carboxylic acids is 1. The summed E-state index contributed by atoms with van der Waals surface area (Å²) in [6.45, 7) is 0. The molecule has 5 heteroatoms. The first-order valence-corrected chi connectivity index (χ1v) is 3.95. The Balaban J connectivity index is 3.15. The van der Waals surface area contributed by atoms with Gasteiger partial charge in [-0.15, -0.1) is 0 Å². The number of carboxylic acids is 2. The van der Waals surface area contributed by atoms with Crippen LogP contribution in [0.25, 0.3) is 6.08 Å². The van der Waals surface area contributed by atoms with E-state index in [1.807, 2.05) is 0 Å². The molecule has 0 bridgehead atoms. The Morgan fingerprint density at radius 2 is 1.93 bits per heavy atom. The number of hydrogen-bond acceptors (Lipinski definition) is 2. The van der Waals surface area contributed by atoms with E-state index in [2.05, 4.69) is 0 Å². The molecule has 2 N–H and O–H groups in total. The lowest BCUT2D eigenvalue weighted by Crippen LogP contribution is -2.01. The van der Waals surface area contributed by atoms with Gasteiger partial charge < -0.3 is 10.2 Å². The van der Waals surface area contributed by atoms with E-state index < -0.39 is 23.3 Å². The fourth-order valence-corrected chi connectivity index (χ4v) is 1.00. The minimum absolute atomic E-state index is 0.0719. The summed E-state index contributed by atoms with van der Waals surface area (Å²) in [6.07, 6.45) is 1.74. The summed E-state index contributed by atoms with van der Waals surface area (Å²) < 4.78 is 13.3. The van der Waals surface area contributed by atoms with Crippen LogP contribution >= 0.6 is 0 Å². The summed E-state index contributed by atoms with van der Waals surface area (Å²) in [4.78, 5) is 20.7. The lowest BCUT2D eigenvalue weighted by atomic mass is 10.1. The second kappa shape index (κ2) is 4.36. The third-order valence-electron chi connectivity index (χ3n) is 1.66. The van der Waals surface area contributed by atoms with E-state index >= 15 is 0 Å². The maximum atomic E-state index is 13.3. The van der Waals surface area contributed by atoms with Gasteiger partial charge in [-0.2, -0.15) is 0 Å². The molecule has 0 aliphatic rings. The molecule has 0 aromatic heterocycles. The topological polar surface area (TPSA) is 74.6 Å². The average Bonchev–Trinajstić information content (AvgIpc) is 2.15. The third-order valence-corrected chi connectivity index (χ3v) is 1.66. The molecule has 0 unspecified atom stereocenters. The summed E-state index contributed by atoms with van der Waals surface area (Å²) in [5.41, 5.74) is -0.556. The van der Waals surface area contributed by atoms with Gasteiger partial charge in [-0.25, -0.2) is 14.0 Å². The Morgan fingerprint density at radius 3 is 2.47 bits per heavy atom. The van der Waals surface area contributed by atoms with Gasteiger partial charge in [0.05, 0.1) is 5.56 Å². The number of carbonyl (C=O) groups is 2. The van der Waals surface area contributed by atoms with E-state index in [0.29, 0.717) is 0 Å². The molecule has 0 heterocycles. The average molecular weight is 210 g/mol. The van der Waals surface area contributed by atoms with Crippen LogP contribution in [0.4, 0.5) is 4.39 Å². The first-order valence-electron chi connectivity index (χ1n) is 3.95. The Kier molecular flexibility index (Phi) is 3.17. The van der Waals surface area contributed by atoms with Crippen molar-refractivity contribution in [3.63, 3.8) is 0 Å². The Morgan fingerprint density at radius 1 is 1.27 bits per heavy atom. The smallest absolute Gasteiger partial charge is 0.338 e. The molecule has 15 heavy (non-hydrogen) atoms. The largest absolute Gasteiger partial charge is 0.478 e. The molecule has 0 spiro atoms. The minimum Gasteiger partial charge on any atom is -0.478 e. The minimum atomic E-state index is -1.39. The van der Waals surface area contributed by atoms with Gasteiger partial charge >= 0.3 is 11.9 Å². The maximum Gasteiger partial charge on any atom is 0.338 e. The van der Waals surface area contributed by atoms with Crippen molar-refractivity contribution < 1.29 is 24.2 Å². The molecule has 0 aliphatic heterocycles. The molecule has 1 rings (SSSR count). The quantitative estimate of drug-likeness (QED) is 0.743. The van der Waals surface area contributed by atoms with E-state index in [9.17, 15) is 14.0 Å². The summed E-state index contributed by atoms with van der Waals surface area (Å²) in [5, 5.41) is 16.9. The van der Waals surface area contributed by atoms with E-state index in [1.165, 1.54) is 12.1 Å². The Bertz CT molecular complexity index is 437. The van der Waals surface area contributed by atoms with E-state index in [-0.39, 0.29) is 5.56 Å². The molecule has 0 aliphatic carbocycles. The summed E-state index contributed by atoms with van der Waals surface area (Å²) in [7, 11) is 0. The maximum absolute atomic E-state index is 13.3. The van der Waals surface area contributed by atoms with Crippen LogP contribution in [0.5, 0.6) is 0 Å². The van der Waals surface area contributed by atoms with Crippen LogP contribution in [-0.4, -0.2) is 22.2 Å². The van der Waals surface area contributed by atoms with Crippen LogP contribution in [0.2, 0.25) is 0 Å². The monoisotopic (exact) mass is 210 g/mol.